The standard InChI is InChI=1S/C15H22N4O3/c1-3-4-15(20)19-9-7-18(8-10-19)13-5-6-14(17-16-13)22-12-11-21-2/h3-6H,7-12H2,1-2H3/b4-3+. The van der Waals surface area contributed by atoms with E-state index in [1.165, 1.54) is 0 Å². The largest absolute Gasteiger partial charge is 0.474 e. The van der Waals surface area contributed by atoms with E-state index in [4.69, 9.17) is 9.47 Å². The lowest BCUT2D eigenvalue weighted by Crippen LogP contribution is -2.48. The van der Waals surface area contributed by atoms with E-state index in [2.05, 4.69) is 15.1 Å². The summed E-state index contributed by atoms with van der Waals surface area (Å²) >= 11 is 0. The fourth-order valence-corrected chi connectivity index (χ4v) is 2.19. The average Bonchev–Trinajstić information content (AvgIpc) is 2.56. The summed E-state index contributed by atoms with van der Waals surface area (Å²) in [4.78, 5) is 15.7. The van der Waals surface area contributed by atoms with Gasteiger partial charge >= 0.3 is 0 Å². The van der Waals surface area contributed by atoms with Gasteiger partial charge in [0.2, 0.25) is 11.8 Å². The van der Waals surface area contributed by atoms with Gasteiger partial charge in [0, 0.05) is 39.4 Å². The molecule has 0 N–H and O–H groups in total. The second-order valence-corrected chi connectivity index (χ2v) is 4.88. The Morgan fingerprint density at radius 1 is 1.23 bits per heavy atom. The van der Waals surface area contributed by atoms with Crippen LogP contribution in [0, 0.1) is 0 Å². The predicted molar refractivity (Wildman–Crippen MR) is 83.0 cm³/mol. The molecule has 120 valence electrons. The number of hydrogen-bond donors (Lipinski definition) is 0. The number of anilines is 1. The molecule has 0 aliphatic carbocycles. The molecule has 0 spiro atoms. The van der Waals surface area contributed by atoms with Crippen molar-refractivity contribution in [3.63, 3.8) is 0 Å². The van der Waals surface area contributed by atoms with Crippen molar-refractivity contribution in [2.45, 2.75) is 6.92 Å². The first-order valence-corrected chi connectivity index (χ1v) is 7.36. The molecule has 0 saturated carbocycles. The number of aromatic nitrogens is 2. The highest BCUT2D eigenvalue weighted by Crippen LogP contribution is 2.15. The molecule has 1 amide bonds. The highest BCUT2D eigenvalue weighted by Gasteiger charge is 2.20. The Hall–Kier alpha value is -2.15. The van der Waals surface area contributed by atoms with Crippen molar-refractivity contribution in [3.05, 3.63) is 24.3 Å². The minimum absolute atomic E-state index is 0.0649. The van der Waals surface area contributed by atoms with E-state index >= 15 is 0 Å². The quantitative estimate of drug-likeness (QED) is 0.570. The normalized spacial score (nSPS) is 15.4. The molecule has 0 radical (unpaired) electrons. The third-order valence-electron chi connectivity index (χ3n) is 3.39. The summed E-state index contributed by atoms with van der Waals surface area (Å²) in [5.74, 6) is 1.36. The number of carbonyl (C=O) groups is 1. The Bertz CT molecular complexity index is 496. The number of ether oxygens (including phenoxy) is 2. The van der Waals surface area contributed by atoms with Crippen LogP contribution in [0.2, 0.25) is 0 Å². The van der Waals surface area contributed by atoms with Gasteiger partial charge in [-0.2, -0.15) is 0 Å². The summed E-state index contributed by atoms with van der Waals surface area (Å²) in [6.07, 6.45) is 3.37. The van der Waals surface area contributed by atoms with Crippen LogP contribution in [0.25, 0.3) is 0 Å². The zero-order valence-electron chi connectivity index (χ0n) is 13.1. The van der Waals surface area contributed by atoms with Gasteiger partial charge in [0.05, 0.1) is 6.61 Å². The van der Waals surface area contributed by atoms with Gasteiger partial charge in [-0.1, -0.05) is 6.08 Å². The maximum atomic E-state index is 11.8. The Balaban J connectivity index is 1.85. The Morgan fingerprint density at radius 3 is 2.59 bits per heavy atom. The maximum Gasteiger partial charge on any atom is 0.246 e. The SMILES string of the molecule is C/C=C/C(=O)N1CCN(c2ccc(OCCOC)nn2)CC1. The summed E-state index contributed by atoms with van der Waals surface area (Å²) in [6, 6.07) is 3.69. The van der Waals surface area contributed by atoms with Crippen molar-refractivity contribution < 1.29 is 14.3 Å². The highest BCUT2D eigenvalue weighted by molar-refractivity contribution is 5.87. The van der Waals surface area contributed by atoms with Crippen LogP contribution in [0.1, 0.15) is 6.92 Å². The number of allylic oxidation sites excluding steroid dienone is 1. The zero-order chi connectivity index (χ0) is 15.8. The van der Waals surface area contributed by atoms with E-state index in [0.717, 1.165) is 18.9 Å². The van der Waals surface area contributed by atoms with Gasteiger partial charge in [-0.15, -0.1) is 10.2 Å². The second-order valence-electron chi connectivity index (χ2n) is 4.88. The van der Waals surface area contributed by atoms with Crippen LogP contribution in [0.5, 0.6) is 5.88 Å². The molecule has 0 unspecified atom stereocenters. The van der Waals surface area contributed by atoms with Crippen LogP contribution < -0.4 is 9.64 Å². The molecule has 0 bridgehead atoms. The van der Waals surface area contributed by atoms with Crippen LogP contribution in [0.15, 0.2) is 24.3 Å². The van der Waals surface area contributed by atoms with E-state index in [-0.39, 0.29) is 5.91 Å². The number of carbonyl (C=O) groups excluding carboxylic acids is 1. The number of rotatable bonds is 6. The first-order valence-electron chi connectivity index (χ1n) is 7.36. The first-order chi connectivity index (χ1) is 10.7. The molecule has 0 aromatic carbocycles. The molecule has 2 heterocycles. The third kappa shape index (κ3) is 4.42. The average molecular weight is 306 g/mol. The maximum absolute atomic E-state index is 11.8. The third-order valence-corrected chi connectivity index (χ3v) is 3.39. The number of amides is 1. The first kappa shape index (κ1) is 16.2. The number of hydrogen-bond acceptors (Lipinski definition) is 6. The Kier molecular flexibility index (Phi) is 6.14. The molecule has 1 aromatic heterocycles. The molecule has 1 aliphatic heterocycles. The van der Waals surface area contributed by atoms with E-state index in [1.807, 2.05) is 17.9 Å². The zero-order valence-corrected chi connectivity index (χ0v) is 13.1. The second kappa shape index (κ2) is 8.33. The Morgan fingerprint density at radius 2 is 2.00 bits per heavy atom. The lowest BCUT2D eigenvalue weighted by molar-refractivity contribution is -0.126. The molecule has 22 heavy (non-hydrogen) atoms. The van der Waals surface area contributed by atoms with Gasteiger partial charge in [-0.05, 0) is 19.1 Å². The summed E-state index contributed by atoms with van der Waals surface area (Å²) in [5.41, 5.74) is 0. The fraction of sp³-hybridized carbons (Fsp3) is 0.533. The van der Waals surface area contributed by atoms with E-state index in [1.54, 1.807) is 25.3 Å². The van der Waals surface area contributed by atoms with Crippen molar-refractivity contribution in [3.8, 4) is 5.88 Å². The summed E-state index contributed by atoms with van der Waals surface area (Å²) in [5, 5.41) is 8.23. The van der Waals surface area contributed by atoms with Gasteiger partial charge in [0.15, 0.2) is 5.82 Å². The molecule has 7 heteroatoms. The fourth-order valence-electron chi connectivity index (χ4n) is 2.19. The summed E-state index contributed by atoms with van der Waals surface area (Å²) in [7, 11) is 1.62. The van der Waals surface area contributed by atoms with Crippen molar-refractivity contribution >= 4 is 11.7 Å². The van der Waals surface area contributed by atoms with Crippen LogP contribution in [-0.2, 0) is 9.53 Å². The highest BCUT2D eigenvalue weighted by atomic mass is 16.5. The van der Waals surface area contributed by atoms with E-state index in [0.29, 0.717) is 32.2 Å². The molecule has 1 aliphatic rings. The Labute approximate surface area is 130 Å². The van der Waals surface area contributed by atoms with Gasteiger partial charge in [0.1, 0.15) is 6.61 Å². The number of nitrogens with zero attached hydrogens (tertiary/aromatic N) is 4. The monoisotopic (exact) mass is 306 g/mol. The van der Waals surface area contributed by atoms with Crippen molar-refractivity contribution in [1.82, 2.24) is 15.1 Å². The molecule has 1 saturated heterocycles. The molecule has 1 aromatic rings. The molecular weight excluding hydrogens is 284 g/mol. The van der Waals surface area contributed by atoms with E-state index in [9.17, 15) is 4.79 Å². The minimum Gasteiger partial charge on any atom is -0.474 e. The smallest absolute Gasteiger partial charge is 0.246 e. The van der Waals surface area contributed by atoms with Gasteiger partial charge in [-0.25, -0.2) is 0 Å². The van der Waals surface area contributed by atoms with Crippen molar-refractivity contribution in [2.75, 3.05) is 51.4 Å². The molecule has 0 atom stereocenters. The molecule has 2 rings (SSSR count). The van der Waals surface area contributed by atoms with Crippen molar-refractivity contribution in [1.29, 1.82) is 0 Å². The van der Waals surface area contributed by atoms with Gasteiger partial charge in [-0.3, -0.25) is 4.79 Å². The number of piperazine rings is 1. The number of methoxy groups -OCH3 is 1. The lowest BCUT2D eigenvalue weighted by Gasteiger charge is -2.34. The van der Waals surface area contributed by atoms with Crippen LogP contribution in [-0.4, -0.2) is 67.5 Å². The van der Waals surface area contributed by atoms with Crippen LogP contribution in [0.3, 0.4) is 0 Å². The topological polar surface area (TPSA) is 67.8 Å². The molecule has 7 nitrogen and oxygen atoms in total. The van der Waals surface area contributed by atoms with Crippen LogP contribution >= 0.6 is 0 Å². The predicted octanol–water partition coefficient (Wildman–Crippen LogP) is 0.726. The lowest BCUT2D eigenvalue weighted by atomic mass is 10.3. The van der Waals surface area contributed by atoms with Gasteiger partial charge < -0.3 is 19.3 Å². The molecular formula is C15H22N4O3. The van der Waals surface area contributed by atoms with E-state index < -0.39 is 0 Å². The summed E-state index contributed by atoms with van der Waals surface area (Å²) in [6.45, 7) is 5.71. The minimum atomic E-state index is 0.0649. The van der Waals surface area contributed by atoms with Crippen molar-refractivity contribution in [2.24, 2.45) is 0 Å². The van der Waals surface area contributed by atoms with Gasteiger partial charge in [0.25, 0.3) is 0 Å². The van der Waals surface area contributed by atoms with Crippen LogP contribution in [0.4, 0.5) is 5.82 Å². The molecule has 1 fully saturated rings. The summed E-state index contributed by atoms with van der Waals surface area (Å²) < 4.78 is 10.3.